The number of aldehydes is 1. The summed E-state index contributed by atoms with van der Waals surface area (Å²) >= 11 is 0. The quantitative estimate of drug-likeness (QED) is 0.461. The Morgan fingerprint density at radius 2 is 2.33 bits per heavy atom. The van der Waals surface area contributed by atoms with E-state index in [0.29, 0.717) is 18.4 Å². The summed E-state index contributed by atoms with van der Waals surface area (Å²) in [6, 6.07) is 4.35. The summed E-state index contributed by atoms with van der Waals surface area (Å²) < 4.78 is 5.26. The molecule has 1 saturated heterocycles. The number of non-ortho nitro benzene ring substituents is 1. The minimum absolute atomic E-state index is 0.0664. The number of hydrogen-bond acceptors (Lipinski definition) is 5. The van der Waals surface area contributed by atoms with Gasteiger partial charge in [0.2, 0.25) is 0 Å². The molecular weight excluding hydrogens is 236 g/mol. The topological polar surface area (TPSA) is 72.7 Å². The molecule has 0 aliphatic carbocycles. The number of nitro groups is 1. The molecule has 6 nitrogen and oxygen atoms in total. The molecule has 0 amide bonds. The van der Waals surface area contributed by atoms with Crippen molar-refractivity contribution in [1.29, 1.82) is 0 Å². The lowest BCUT2D eigenvalue weighted by atomic mass is 10.1. The Kier molecular flexibility index (Phi) is 3.57. The van der Waals surface area contributed by atoms with Crippen LogP contribution in [-0.4, -0.2) is 37.5 Å². The largest absolute Gasteiger partial charge is 0.380 e. The van der Waals surface area contributed by atoms with E-state index in [1.54, 1.807) is 13.2 Å². The molecule has 2 rings (SSSR count). The van der Waals surface area contributed by atoms with Gasteiger partial charge in [-0.05, 0) is 12.5 Å². The lowest BCUT2D eigenvalue weighted by Gasteiger charge is -2.19. The van der Waals surface area contributed by atoms with Crippen molar-refractivity contribution in [3.8, 4) is 0 Å². The molecule has 1 aromatic rings. The number of anilines is 1. The van der Waals surface area contributed by atoms with Gasteiger partial charge in [-0.1, -0.05) is 0 Å². The van der Waals surface area contributed by atoms with Crippen LogP contribution in [0.2, 0.25) is 0 Å². The van der Waals surface area contributed by atoms with Crippen LogP contribution in [0.1, 0.15) is 16.8 Å². The number of carbonyl (C=O) groups is 1. The predicted molar refractivity (Wildman–Crippen MR) is 66.1 cm³/mol. The lowest BCUT2D eigenvalue weighted by molar-refractivity contribution is -0.384. The summed E-state index contributed by atoms with van der Waals surface area (Å²) in [6.45, 7) is 1.49. The van der Waals surface area contributed by atoms with Gasteiger partial charge < -0.3 is 9.64 Å². The molecule has 96 valence electrons. The molecule has 18 heavy (non-hydrogen) atoms. The van der Waals surface area contributed by atoms with Crippen LogP contribution in [0.4, 0.5) is 11.4 Å². The second-order valence-corrected chi connectivity index (χ2v) is 4.21. The van der Waals surface area contributed by atoms with Gasteiger partial charge in [0.1, 0.15) is 0 Å². The third-order valence-corrected chi connectivity index (χ3v) is 3.17. The van der Waals surface area contributed by atoms with Gasteiger partial charge in [0.05, 0.1) is 11.0 Å². The van der Waals surface area contributed by atoms with Crippen molar-refractivity contribution in [1.82, 2.24) is 0 Å². The van der Waals surface area contributed by atoms with E-state index < -0.39 is 4.92 Å². The Hall–Kier alpha value is -1.95. The maximum atomic E-state index is 11.0. The summed E-state index contributed by atoms with van der Waals surface area (Å²) in [6.07, 6.45) is 1.70. The monoisotopic (exact) mass is 250 g/mol. The van der Waals surface area contributed by atoms with E-state index in [4.69, 9.17) is 4.74 Å². The van der Waals surface area contributed by atoms with Gasteiger partial charge in [-0.25, -0.2) is 0 Å². The van der Waals surface area contributed by atoms with Crippen LogP contribution in [0.25, 0.3) is 0 Å². The number of hydrogen-bond donors (Lipinski definition) is 0. The highest BCUT2D eigenvalue weighted by Crippen LogP contribution is 2.27. The number of benzene rings is 1. The van der Waals surface area contributed by atoms with Crippen LogP contribution in [0.3, 0.4) is 0 Å². The molecule has 1 fully saturated rings. The van der Waals surface area contributed by atoms with Crippen LogP contribution >= 0.6 is 0 Å². The summed E-state index contributed by atoms with van der Waals surface area (Å²) in [7, 11) is 1.66. The Morgan fingerprint density at radius 3 is 2.89 bits per heavy atom. The fourth-order valence-corrected chi connectivity index (χ4v) is 2.18. The van der Waals surface area contributed by atoms with Gasteiger partial charge in [0.25, 0.3) is 5.69 Å². The van der Waals surface area contributed by atoms with Crippen molar-refractivity contribution in [2.24, 2.45) is 0 Å². The number of carbonyl (C=O) groups excluding carboxylic acids is 1. The number of nitrogens with zero attached hydrogens (tertiary/aromatic N) is 2. The first kappa shape index (κ1) is 12.5. The van der Waals surface area contributed by atoms with E-state index >= 15 is 0 Å². The molecule has 0 spiro atoms. The Balaban J connectivity index is 2.28. The molecule has 6 heteroatoms. The average molecular weight is 250 g/mol. The van der Waals surface area contributed by atoms with E-state index in [2.05, 4.69) is 0 Å². The maximum Gasteiger partial charge on any atom is 0.270 e. The Bertz CT molecular complexity index is 475. The second-order valence-electron chi connectivity index (χ2n) is 4.21. The second kappa shape index (κ2) is 5.14. The number of methoxy groups -OCH3 is 1. The van der Waals surface area contributed by atoms with Crippen molar-refractivity contribution in [3.63, 3.8) is 0 Å². The first-order chi connectivity index (χ1) is 8.65. The molecule has 0 radical (unpaired) electrons. The van der Waals surface area contributed by atoms with E-state index in [9.17, 15) is 14.9 Å². The van der Waals surface area contributed by atoms with Crippen molar-refractivity contribution in [2.75, 3.05) is 25.1 Å². The van der Waals surface area contributed by atoms with Crippen LogP contribution in [0, 0.1) is 10.1 Å². The van der Waals surface area contributed by atoms with Crippen LogP contribution in [-0.2, 0) is 4.74 Å². The molecule has 1 unspecified atom stereocenters. The fourth-order valence-electron chi connectivity index (χ4n) is 2.18. The zero-order chi connectivity index (χ0) is 13.1. The third-order valence-electron chi connectivity index (χ3n) is 3.17. The van der Waals surface area contributed by atoms with Crippen LogP contribution in [0.15, 0.2) is 18.2 Å². The fraction of sp³-hybridized carbons (Fsp3) is 0.417. The number of rotatable bonds is 4. The van der Waals surface area contributed by atoms with Crippen molar-refractivity contribution >= 4 is 17.7 Å². The highest BCUT2D eigenvalue weighted by atomic mass is 16.6. The summed E-state index contributed by atoms with van der Waals surface area (Å²) in [5, 5.41) is 10.7. The first-order valence-corrected chi connectivity index (χ1v) is 5.67. The zero-order valence-corrected chi connectivity index (χ0v) is 10.0. The van der Waals surface area contributed by atoms with Gasteiger partial charge >= 0.3 is 0 Å². The zero-order valence-electron chi connectivity index (χ0n) is 10.0. The SMILES string of the molecule is COC1CCN(c2ccc([N+](=O)[O-])cc2C=O)C1. The molecule has 1 atom stereocenters. The molecular formula is C12H14N2O4. The van der Waals surface area contributed by atoms with Gasteiger partial charge in [0.15, 0.2) is 6.29 Å². The molecule has 1 aromatic carbocycles. The molecule has 0 aromatic heterocycles. The van der Waals surface area contributed by atoms with Crippen molar-refractivity contribution in [2.45, 2.75) is 12.5 Å². The highest BCUT2D eigenvalue weighted by Gasteiger charge is 2.24. The summed E-state index contributed by atoms with van der Waals surface area (Å²) in [4.78, 5) is 23.2. The van der Waals surface area contributed by atoms with E-state index in [1.165, 1.54) is 12.1 Å². The number of nitro benzene ring substituents is 1. The molecule has 0 bridgehead atoms. The van der Waals surface area contributed by atoms with Crippen LogP contribution < -0.4 is 4.90 Å². The van der Waals surface area contributed by atoms with Crippen molar-refractivity contribution in [3.05, 3.63) is 33.9 Å². The average Bonchev–Trinajstić information content (AvgIpc) is 2.86. The van der Waals surface area contributed by atoms with E-state index in [1.807, 2.05) is 4.90 Å². The normalized spacial score (nSPS) is 18.9. The summed E-state index contributed by atoms with van der Waals surface area (Å²) in [5.41, 5.74) is 1.01. The molecule has 1 aliphatic heterocycles. The molecule has 0 saturated carbocycles. The minimum atomic E-state index is -0.501. The highest BCUT2D eigenvalue weighted by molar-refractivity contribution is 5.86. The predicted octanol–water partition coefficient (Wildman–Crippen LogP) is 1.63. The van der Waals surface area contributed by atoms with E-state index in [0.717, 1.165) is 18.7 Å². The molecule has 1 heterocycles. The Labute approximate surface area is 104 Å². The smallest absolute Gasteiger partial charge is 0.270 e. The van der Waals surface area contributed by atoms with Gasteiger partial charge in [0, 0.05) is 43.6 Å². The van der Waals surface area contributed by atoms with Gasteiger partial charge in [-0.2, -0.15) is 0 Å². The first-order valence-electron chi connectivity index (χ1n) is 5.67. The van der Waals surface area contributed by atoms with E-state index in [-0.39, 0.29) is 11.8 Å². The van der Waals surface area contributed by atoms with Gasteiger partial charge in [-0.3, -0.25) is 14.9 Å². The standard InChI is InChI=1S/C12H14N2O4/c1-18-11-4-5-13(7-11)12-3-2-10(14(16)17)6-9(12)8-15/h2-3,6,8,11H,4-5,7H2,1H3. The molecule has 1 aliphatic rings. The van der Waals surface area contributed by atoms with Crippen molar-refractivity contribution < 1.29 is 14.5 Å². The van der Waals surface area contributed by atoms with Gasteiger partial charge in [-0.15, -0.1) is 0 Å². The Morgan fingerprint density at radius 1 is 1.56 bits per heavy atom. The minimum Gasteiger partial charge on any atom is -0.380 e. The lowest BCUT2D eigenvalue weighted by Crippen LogP contribution is -2.23. The number of ether oxygens (including phenoxy) is 1. The maximum absolute atomic E-state index is 11.0. The summed E-state index contributed by atoms with van der Waals surface area (Å²) in [5.74, 6) is 0. The van der Waals surface area contributed by atoms with Crippen LogP contribution in [0.5, 0.6) is 0 Å². The third kappa shape index (κ3) is 2.33. The molecule has 0 N–H and O–H groups in total.